The number of hydrogen-bond acceptors (Lipinski definition) is 4. The minimum atomic E-state index is -0.646. The van der Waals surface area contributed by atoms with Crippen molar-refractivity contribution >= 4 is 10.9 Å². The molecule has 4 nitrogen and oxygen atoms in total. The van der Waals surface area contributed by atoms with Gasteiger partial charge in [-0.05, 0) is 25.2 Å². The summed E-state index contributed by atoms with van der Waals surface area (Å²) < 4.78 is 19.4. The first-order chi connectivity index (χ1) is 11.7. The maximum Gasteiger partial charge on any atom is 0.131 e. The number of aromatic nitrogens is 1. The van der Waals surface area contributed by atoms with E-state index >= 15 is 0 Å². The molecule has 1 atom stereocenters. The number of fused-ring (bicyclic) bond motifs is 1. The van der Waals surface area contributed by atoms with E-state index in [1.807, 2.05) is 30.3 Å². The number of pyridine rings is 1. The topological polar surface area (TPSA) is 54.4 Å². The molecule has 2 aromatic carbocycles. The van der Waals surface area contributed by atoms with Crippen molar-refractivity contribution in [1.82, 2.24) is 10.3 Å². The van der Waals surface area contributed by atoms with E-state index in [1.54, 1.807) is 19.2 Å². The van der Waals surface area contributed by atoms with Crippen LogP contribution in [0.3, 0.4) is 0 Å². The van der Waals surface area contributed by atoms with Crippen molar-refractivity contribution in [2.24, 2.45) is 0 Å². The molecular formula is C19H19FN2O2. The molecule has 124 valence electrons. The third-order valence-corrected chi connectivity index (χ3v) is 3.67. The largest absolute Gasteiger partial charge is 0.490 e. The molecule has 0 saturated heterocycles. The second-order valence-electron chi connectivity index (χ2n) is 5.56. The highest BCUT2D eigenvalue weighted by Gasteiger charge is 2.11. The molecule has 24 heavy (non-hydrogen) atoms. The molecule has 2 N–H and O–H groups in total. The average molecular weight is 326 g/mol. The second kappa shape index (κ2) is 7.38. The summed E-state index contributed by atoms with van der Waals surface area (Å²) in [7, 11) is 1.76. The van der Waals surface area contributed by atoms with Crippen LogP contribution in [-0.4, -0.2) is 36.4 Å². The molecule has 0 aliphatic carbocycles. The second-order valence-corrected chi connectivity index (χ2v) is 5.56. The third-order valence-electron chi connectivity index (χ3n) is 3.67. The minimum absolute atomic E-state index is 0.116. The number of ether oxygens (including phenoxy) is 1. The number of nitrogens with zero attached hydrogens (tertiary/aromatic N) is 1. The van der Waals surface area contributed by atoms with E-state index in [-0.39, 0.29) is 12.4 Å². The molecule has 1 unspecified atom stereocenters. The molecule has 0 aliphatic rings. The maximum absolute atomic E-state index is 13.6. The van der Waals surface area contributed by atoms with E-state index in [2.05, 4.69) is 10.3 Å². The van der Waals surface area contributed by atoms with Crippen molar-refractivity contribution < 1.29 is 14.2 Å². The van der Waals surface area contributed by atoms with E-state index in [1.165, 1.54) is 12.1 Å². The monoisotopic (exact) mass is 326 g/mol. The summed E-state index contributed by atoms with van der Waals surface area (Å²) in [6.45, 7) is 0.535. The third kappa shape index (κ3) is 3.69. The Balaban J connectivity index is 2.02. The quantitative estimate of drug-likeness (QED) is 0.731. The number of halogens is 1. The first kappa shape index (κ1) is 16.4. The van der Waals surface area contributed by atoms with Crippen LogP contribution in [0.4, 0.5) is 4.39 Å². The van der Waals surface area contributed by atoms with Crippen LogP contribution in [0, 0.1) is 5.82 Å². The smallest absolute Gasteiger partial charge is 0.131 e. The van der Waals surface area contributed by atoms with Gasteiger partial charge in [0.15, 0.2) is 0 Å². The zero-order chi connectivity index (χ0) is 16.9. The molecule has 0 radical (unpaired) electrons. The summed E-state index contributed by atoms with van der Waals surface area (Å²) in [4.78, 5) is 4.59. The lowest BCUT2D eigenvalue weighted by molar-refractivity contribution is 0.109. The Morgan fingerprint density at radius 1 is 1.17 bits per heavy atom. The zero-order valence-electron chi connectivity index (χ0n) is 13.4. The van der Waals surface area contributed by atoms with Gasteiger partial charge in [-0.25, -0.2) is 9.37 Å². The summed E-state index contributed by atoms with van der Waals surface area (Å²) in [6.07, 6.45) is -0.646. The minimum Gasteiger partial charge on any atom is -0.490 e. The van der Waals surface area contributed by atoms with Crippen molar-refractivity contribution in [1.29, 1.82) is 0 Å². The summed E-state index contributed by atoms with van der Waals surface area (Å²) in [5.41, 5.74) is 2.34. The lowest BCUT2D eigenvalue weighted by atomic mass is 10.1. The number of benzene rings is 2. The van der Waals surface area contributed by atoms with Gasteiger partial charge in [-0.1, -0.05) is 30.3 Å². The summed E-state index contributed by atoms with van der Waals surface area (Å²) >= 11 is 0. The standard InChI is InChI=1S/C19H19FN2O2/c1-21-11-15(23)12-24-19-10-18(13-5-3-2-4-6-13)22-17-8-7-14(20)9-16(17)19/h2-10,15,21,23H,11-12H2,1H3. The van der Waals surface area contributed by atoms with Gasteiger partial charge in [0.05, 0.1) is 11.2 Å². The molecule has 3 aromatic rings. The molecule has 0 amide bonds. The molecule has 0 fully saturated rings. The van der Waals surface area contributed by atoms with Crippen LogP contribution in [0.2, 0.25) is 0 Å². The van der Waals surface area contributed by atoms with E-state index < -0.39 is 6.10 Å². The highest BCUT2D eigenvalue weighted by Crippen LogP contribution is 2.30. The van der Waals surface area contributed by atoms with Gasteiger partial charge in [0, 0.05) is 23.6 Å². The molecule has 1 heterocycles. The highest BCUT2D eigenvalue weighted by molar-refractivity contribution is 5.88. The Bertz CT molecular complexity index is 824. The predicted molar refractivity (Wildman–Crippen MR) is 92.6 cm³/mol. The number of nitrogens with one attached hydrogen (secondary N) is 1. The molecule has 0 aliphatic heterocycles. The number of aliphatic hydroxyl groups is 1. The highest BCUT2D eigenvalue weighted by atomic mass is 19.1. The van der Waals surface area contributed by atoms with Gasteiger partial charge in [0.1, 0.15) is 24.3 Å². The molecule has 0 bridgehead atoms. The van der Waals surface area contributed by atoms with Gasteiger partial charge in [-0.3, -0.25) is 0 Å². The number of rotatable bonds is 6. The Labute approximate surface area is 139 Å². The van der Waals surface area contributed by atoms with Gasteiger partial charge in [-0.2, -0.15) is 0 Å². The summed E-state index contributed by atoms with van der Waals surface area (Å²) in [5, 5.41) is 13.3. The van der Waals surface area contributed by atoms with Crippen LogP contribution < -0.4 is 10.1 Å². The van der Waals surface area contributed by atoms with Gasteiger partial charge < -0.3 is 15.2 Å². The van der Waals surface area contributed by atoms with Gasteiger partial charge in [0.25, 0.3) is 0 Å². The van der Waals surface area contributed by atoms with Crippen LogP contribution in [0.5, 0.6) is 5.75 Å². The lowest BCUT2D eigenvalue weighted by Gasteiger charge is -2.15. The SMILES string of the molecule is CNCC(O)COc1cc(-c2ccccc2)nc2ccc(F)cc12. The zero-order valence-corrected chi connectivity index (χ0v) is 13.4. The first-order valence-corrected chi connectivity index (χ1v) is 7.78. The van der Waals surface area contributed by atoms with Crippen LogP contribution in [0.15, 0.2) is 54.6 Å². The van der Waals surface area contributed by atoms with Gasteiger partial charge in [-0.15, -0.1) is 0 Å². The molecule has 0 saturated carbocycles. The Morgan fingerprint density at radius 3 is 2.71 bits per heavy atom. The van der Waals surface area contributed by atoms with Crippen molar-refractivity contribution in [3.05, 3.63) is 60.4 Å². The van der Waals surface area contributed by atoms with Crippen molar-refractivity contribution in [3.63, 3.8) is 0 Å². The Kier molecular flexibility index (Phi) is 5.03. The first-order valence-electron chi connectivity index (χ1n) is 7.78. The Hall–Kier alpha value is -2.50. The van der Waals surface area contributed by atoms with Crippen molar-refractivity contribution in [2.75, 3.05) is 20.2 Å². The van der Waals surface area contributed by atoms with Crippen molar-refractivity contribution in [3.8, 4) is 17.0 Å². The maximum atomic E-state index is 13.6. The number of aliphatic hydroxyl groups excluding tert-OH is 1. The molecular weight excluding hydrogens is 307 g/mol. The van der Waals surface area contributed by atoms with Crippen LogP contribution in [0.1, 0.15) is 0 Å². The fraction of sp³-hybridized carbons (Fsp3) is 0.211. The van der Waals surface area contributed by atoms with Crippen molar-refractivity contribution in [2.45, 2.75) is 6.10 Å². The van der Waals surface area contributed by atoms with Crippen LogP contribution >= 0.6 is 0 Å². The predicted octanol–water partition coefficient (Wildman–Crippen LogP) is 3.00. The molecule has 5 heteroatoms. The molecule has 3 rings (SSSR count). The summed E-state index contributed by atoms with van der Waals surface area (Å²) in [5.74, 6) is 0.158. The lowest BCUT2D eigenvalue weighted by Crippen LogP contribution is -2.29. The van der Waals surface area contributed by atoms with Crippen LogP contribution in [-0.2, 0) is 0 Å². The molecule has 0 spiro atoms. The molecule has 1 aromatic heterocycles. The number of hydrogen-bond donors (Lipinski definition) is 2. The Morgan fingerprint density at radius 2 is 1.96 bits per heavy atom. The van der Waals surface area contributed by atoms with E-state index in [0.29, 0.717) is 23.2 Å². The van der Waals surface area contributed by atoms with Crippen LogP contribution in [0.25, 0.3) is 22.2 Å². The van der Waals surface area contributed by atoms with E-state index in [4.69, 9.17) is 4.74 Å². The van der Waals surface area contributed by atoms with E-state index in [0.717, 1.165) is 11.3 Å². The average Bonchev–Trinajstić information content (AvgIpc) is 2.60. The fourth-order valence-corrected chi connectivity index (χ4v) is 2.52. The number of likely N-dealkylation sites (N-methyl/N-ethyl adjacent to an activating group) is 1. The fourth-order valence-electron chi connectivity index (χ4n) is 2.52. The summed E-state index contributed by atoms with van der Waals surface area (Å²) in [6, 6.07) is 15.9. The van der Waals surface area contributed by atoms with Gasteiger partial charge in [0.2, 0.25) is 0 Å². The van der Waals surface area contributed by atoms with Gasteiger partial charge >= 0.3 is 0 Å². The van der Waals surface area contributed by atoms with E-state index in [9.17, 15) is 9.50 Å². The normalized spacial score (nSPS) is 12.3.